The Morgan fingerprint density at radius 2 is 2.32 bits per heavy atom. The largest absolute Gasteiger partial charge is 0.314 e. The molecule has 102 valence electrons. The first-order chi connectivity index (χ1) is 8.93. The number of halogens is 1. The highest BCUT2D eigenvalue weighted by Crippen LogP contribution is 2.24. The molecule has 0 radical (unpaired) electrons. The van der Waals surface area contributed by atoms with E-state index in [1.54, 1.807) is 11.3 Å². The van der Waals surface area contributed by atoms with Crippen molar-refractivity contribution in [2.24, 2.45) is 0 Å². The van der Waals surface area contributed by atoms with Gasteiger partial charge in [-0.25, -0.2) is 0 Å². The number of nitrogens with zero attached hydrogens (tertiary/aromatic N) is 3. The average Bonchev–Trinajstić information content (AvgIpc) is 2.93. The molecule has 3 heterocycles. The second kappa shape index (κ2) is 6.96. The molecule has 1 fully saturated rings. The van der Waals surface area contributed by atoms with Crippen molar-refractivity contribution in [2.75, 3.05) is 19.6 Å². The fraction of sp³-hybridized carbons (Fsp3) is 0.385. The highest BCUT2D eigenvalue weighted by Gasteiger charge is 2.24. The average molecular weight is 297 g/mol. The fourth-order valence-corrected chi connectivity index (χ4v) is 2.98. The van der Waals surface area contributed by atoms with Gasteiger partial charge in [0, 0.05) is 55.7 Å². The molecule has 2 aromatic rings. The molecule has 0 aliphatic carbocycles. The van der Waals surface area contributed by atoms with E-state index in [4.69, 9.17) is 0 Å². The van der Waals surface area contributed by atoms with Crippen LogP contribution in [0, 0.1) is 0 Å². The fourth-order valence-electron chi connectivity index (χ4n) is 2.36. The van der Waals surface area contributed by atoms with Gasteiger partial charge in [0.2, 0.25) is 0 Å². The molecule has 1 atom stereocenters. The summed E-state index contributed by atoms with van der Waals surface area (Å²) in [5.74, 6) is 0. The Labute approximate surface area is 123 Å². The Morgan fingerprint density at radius 3 is 3.05 bits per heavy atom. The van der Waals surface area contributed by atoms with Crippen LogP contribution in [0.4, 0.5) is 0 Å². The molecule has 6 heteroatoms. The number of nitrogens with one attached hydrogen (secondary N) is 1. The molecule has 19 heavy (non-hydrogen) atoms. The van der Waals surface area contributed by atoms with Crippen molar-refractivity contribution in [3.8, 4) is 0 Å². The molecule has 0 amide bonds. The zero-order valence-corrected chi connectivity index (χ0v) is 12.2. The zero-order chi connectivity index (χ0) is 12.2. The van der Waals surface area contributed by atoms with Crippen molar-refractivity contribution in [1.29, 1.82) is 0 Å². The molecule has 1 saturated heterocycles. The Morgan fingerprint density at radius 1 is 1.37 bits per heavy atom. The summed E-state index contributed by atoms with van der Waals surface area (Å²) >= 11 is 1.72. The molecule has 2 aromatic heterocycles. The topological polar surface area (TPSA) is 41.1 Å². The minimum atomic E-state index is 0. The standard InChI is InChI=1S/C13H16N4S.ClH/c1-2-11(6-14-3-1)13-8-15-4-5-17(13)9-12-7-16-10-18-12;/h1-3,6-7,10,13,15H,4-5,8-9H2;1H. The van der Waals surface area contributed by atoms with E-state index >= 15 is 0 Å². The number of hydrogen-bond acceptors (Lipinski definition) is 5. The van der Waals surface area contributed by atoms with E-state index in [2.05, 4.69) is 26.3 Å². The summed E-state index contributed by atoms with van der Waals surface area (Å²) in [6, 6.07) is 4.58. The van der Waals surface area contributed by atoms with Crippen molar-refractivity contribution < 1.29 is 0 Å². The van der Waals surface area contributed by atoms with Crippen molar-refractivity contribution in [2.45, 2.75) is 12.6 Å². The predicted molar refractivity (Wildman–Crippen MR) is 79.6 cm³/mol. The van der Waals surface area contributed by atoms with Crippen LogP contribution in [-0.2, 0) is 6.54 Å². The first-order valence-corrected chi connectivity index (χ1v) is 7.03. The second-order valence-corrected chi connectivity index (χ2v) is 5.42. The normalized spacial score (nSPS) is 19.9. The maximum atomic E-state index is 4.23. The number of hydrogen-bond donors (Lipinski definition) is 1. The minimum absolute atomic E-state index is 0. The highest BCUT2D eigenvalue weighted by atomic mass is 35.5. The quantitative estimate of drug-likeness (QED) is 0.942. The second-order valence-electron chi connectivity index (χ2n) is 4.44. The number of aromatic nitrogens is 2. The van der Waals surface area contributed by atoms with Crippen LogP contribution in [0.2, 0.25) is 0 Å². The van der Waals surface area contributed by atoms with Gasteiger partial charge in [0.15, 0.2) is 0 Å². The van der Waals surface area contributed by atoms with Crippen molar-refractivity contribution in [3.05, 3.63) is 46.7 Å². The molecule has 0 aromatic carbocycles. The summed E-state index contributed by atoms with van der Waals surface area (Å²) in [6.07, 6.45) is 5.76. The van der Waals surface area contributed by atoms with Gasteiger partial charge < -0.3 is 5.32 Å². The molecule has 1 aliphatic heterocycles. The van der Waals surface area contributed by atoms with E-state index in [9.17, 15) is 0 Å². The van der Waals surface area contributed by atoms with Gasteiger partial charge in [0.1, 0.15) is 0 Å². The van der Waals surface area contributed by atoms with E-state index in [0.29, 0.717) is 6.04 Å². The van der Waals surface area contributed by atoms with Gasteiger partial charge in [0.05, 0.1) is 5.51 Å². The lowest BCUT2D eigenvalue weighted by atomic mass is 10.1. The molecule has 0 spiro atoms. The Bertz CT molecular complexity index is 477. The number of thiazole rings is 1. The van der Waals surface area contributed by atoms with Gasteiger partial charge in [-0.1, -0.05) is 6.07 Å². The molecule has 0 saturated carbocycles. The van der Waals surface area contributed by atoms with Gasteiger partial charge in [-0.05, 0) is 11.6 Å². The van der Waals surface area contributed by atoms with Crippen LogP contribution >= 0.6 is 23.7 Å². The monoisotopic (exact) mass is 296 g/mol. The van der Waals surface area contributed by atoms with Crippen LogP contribution in [0.5, 0.6) is 0 Å². The summed E-state index contributed by atoms with van der Waals surface area (Å²) in [7, 11) is 0. The van der Waals surface area contributed by atoms with Crippen LogP contribution in [0.3, 0.4) is 0 Å². The third-order valence-corrected chi connectivity index (χ3v) is 4.03. The first-order valence-electron chi connectivity index (χ1n) is 6.15. The predicted octanol–water partition coefficient (Wildman–Crippen LogP) is 2.11. The van der Waals surface area contributed by atoms with Crippen molar-refractivity contribution in [3.63, 3.8) is 0 Å². The summed E-state index contributed by atoms with van der Waals surface area (Å²) in [6.45, 7) is 4.09. The lowest BCUT2D eigenvalue weighted by Gasteiger charge is -2.35. The third-order valence-electron chi connectivity index (χ3n) is 3.27. The minimum Gasteiger partial charge on any atom is -0.314 e. The molecular formula is C13H17ClN4S. The van der Waals surface area contributed by atoms with Gasteiger partial charge >= 0.3 is 0 Å². The number of pyridine rings is 1. The highest BCUT2D eigenvalue weighted by molar-refractivity contribution is 7.09. The Hall–Kier alpha value is -1.01. The molecule has 1 N–H and O–H groups in total. The van der Waals surface area contributed by atoms with Crippen LogP contribution < -0.4 is 5.32 Å². The van der Waals surface area contributed by atoms with Crippen molar-refractivity contribution in [1.82, 2.24) is 20.2 Å². The zero-order valence-electron chi connectivity index (χ0n) is 10.5. The van der Waals surface area contributed by atoms with E-state index in [1.165, 1.54) is 10.4 Å². The van der Waals surface area contributed by atoms with Crippen LogP contribution in [0.15, 0.2) is 36.2 Å². The molecule has 0 bridgehead atoms. The summed E-state index contributed by atoms with van der Waals surface area (Å²) < 4.78 is 0. The van der Waals surface area contributed by atoms with Gasteiger partial charge in [0.25, 0.3) is 0 Å². The Kier molecular flexibility index (Phi) is 5.27. The SMILES string of the molecule is Cl.c1cncc(C2CNCCN2Cc2cncs2)c1. The lowest BCUT2D eigenvalue weighted by Crippen LogP contribution is -2.45. The number of piperazine rings is 1. The van der Waals surface area contributed by atoms with E-state index < -0.39 is 0 Å². The smallest absolute Gasteiger partial charge is 0.0794 e. The van der Waals surface area contributed by atoms with E-state index in [0.717, 1.165) is 26.2 Å². The van der Waals surface area contributed by atoms with Crippen LogP contribution in [0.25, 0.3) is 0 Å². The maximum absolute atomic E-state index is 4.23. The lowest BCUT2D eigenvalue weighted by molar-refractivity contribution is 0.155. The van der Waals surface area contributed by atoms with Crippen LogP contribution in [0.1, 0.15) is 16.5 Å². The molecule has 3 rings (SSSR count). The molecule has 1 aliphatic rings. The van der Waals surface area contributed by atoms with Crippen molar-refractivity contribution >= 4 is 23.7 Å². The molecule has 4 nitrogen and oxygen atoms in total. The molecular weight excluding hydrogens is 280 g/mol. The van der Waals surface area contributed by atoms with Gasteiger partial charge in [-0.3, -0.25) is 14.9 Å². The van der Waals surface area contributed by atoms with E-state index in [1.807, 2.05) is 30.2 Å². The van der Waals surface area contributed by atoms with Gasteiger partial charge in [-0.2, -0.15) is 0 Å². The van der Waals surface area contributed by atoms with Crippen LogP contribution in [-0.4, -0.2) is 34.5 Å². The number of rotatable bonds is 3. The first kappa shape index (κ1) is 14.4. The molecule has 1 unspecified atom stereocenters. The summed E-state index contributed by atoms with van der Waals surface area (Å²) in [5.41, 5.74) is 3.19. The van der Waals surface area contributed by atoms with E-state index in [-0.39, 0.29) is 12.4 Å². The summed E-state index contributed by atoms with van der Waals surface area (Å²) in [4.78, 5) is 12.2. The van der Waals surface area contributed by atoms with Gasteiger partial charge in [-0.15, -0.1) is 23.7 Å². The Balaban J connectivity index is 0.00000133. The maximum Gasteiger partial charge on any atom is 0.0794 e. The third kappa shape index (κ3) is 3.51. The summed E-state index contributed by atoms with van der Waals surface area (Å²) in [5, 5.41) is 3.46.